The fourth-order valence-corrected chi connectivity index (χ4v) is 2.48. The molecule has 1 aliphatic heterocycles. The van der Waals surface area contributed by atoms with Gasteiger partial charge in [0.2, 0.25) is 5.91 Å². The summed E-state index contributed by atoms with van der Waals surface area (Å²) < 4.78 is 0. The Kier molecular flexibility index (Phi) is 2.54. The maximum absolute atomic E-state index is 11.2. The van der Waals surface area contributed by atoms with Gasteiger partial charge in [-0.25, -0.2) is 0 Å². The summed E-state index contributed by atoms with van der Waals surface area (Å²) in [4.78, 5) is 11.2. The summed E-state index contributed by atoms with van der Waals surface area (Å²) in [7, 11) is 0. The molecule has 0 aromatic rings. The molecule has 1 amide bonds. The lowest BCUT2D eigenvalue weighted by Crippen LogP contribution is -2.59. The second-order valence-electron chi connectivity index (χ2n) is 4.28. The number of rotatable bonds is 1. The quantitative estimate of drug-likeness (QED) is 0.625. The highest BCUT2D eigenvalue weighted by atomic mass is 16.2. The van der Waals surface area contributed by atoms with Crippen molar-refractivity contribution in [1.82, 2.24) is 10.6 Å². The van der Waals surface area contributed by atoms with Crippen molar-refractivity contribution >= 4 is 5.91 Å². The van der Waals surface area contributed by atoms with Crippen LogP contribution in [0.3, 0.4) is 0 Å². The highest BCUT2D eigenvalue weighted by Crippen LogP contribution is 2.28. The molecule has 2 rings (SSSR count). The molecule has 0 aromatic carbocycles. The summed E-state index contributed by atoms with van der Waals surface area (Å²) in [6.07, 6.45) is 5.40. The van der Waals surface area contributed by atoms with Crippen molar-refractivity contribution in [3.05, 3.63) is 0 Å². The normalized spacial score (nSPS) is 36.2. The van der Waals surface area contributed by atoms with Gasteiger partial charge in [-0.2, -0.15) is 0 Å². The van der Waals surface area contributed by atoms with Crippen LogP contribution in [-0.2, 0) is 4.79 Å². The molecule has 2 atom stereocenters. The molecule has 0 bridgehead atoms. The van der Waals surface area contributed by atoms with Crippen LogP contribution in [0.1, 0.15) is 32.6 Å². The Bertz CT molecular complexity index is 199. The number of hydrogen-bond donors (Lipinski definition) is 2. The summed E-state index contributed by atoms with van der Waals surface area (Å²) in [5.41, 5.74) is 0. The van der Waals surface area contributed by atoms with Gasteiger partial charge in [0.1, 0.15) is 0 Å². The Labute approximate surface area is 79.3 Å². The van der Waals surface area contributed by atoms with E-state index in [4.69, 9.17) is 0 Å². The minimum atomic E-state index is -0.000602. The van der Waals surface area contributed by atoms with E-state index < -0.39 is 0 Å². The molecule has 74 valence electrons. The van der Waals surface area contributed by atoms with Crippen molar-refractivity contribution < 1.29 is 4.79 Å². The van der Waals surface area contributed by atoms with Crippen molar-refractivity contribution in [2.75, 3.05) is 6.54 Å². The molecule has 3 heteroatoms. The minimum absolute atomic E-state index is 0.000602. The maximum atomic E-state index is 11.2. The standard InChI is InChI=1S/C10H18N2O/c1-7-10(13)11-6-9(12-7)8-4-2-3-5-8/h7-9,12H,2-6H2,1H3,(H,11,13). The Morgan fingerprint density at radius 3 is 2.62 bits per heavy atom. The number of nitrogens with one attached hydrogen (secondary N) is 2. The Morgan fingerprint density at radius 2 is 2.00 bits per heavy atom. The second-order valence-corrected chi connectivity index (χ2v) is 4.28. The molecule has 1 aliphatic carbocycles. The van der Waals surface area contributed by atoms with Gasteiger partial charge < -0.3 is 10.6 Å². The molecule has 0 radical (unpaired) electrons. The van der Waals surface area contributed by atoms with Crippen LogP contribution in [0, 0.1) is 5.92 Å². The molecule has 0 aromatic heterocycles. The predicted octanol–water partition coefficient (Wildman–Crippen LogP) is 0.653. The number of carbonyl (C=O) groups is 1. The maximum Gasteiger partial charge on any atom is 0.236 e. The van der Waals surface area contributed by atoms with Gasteiger partial charge in [-0.3, -0.25) is 4.79 Å². The Hall–Kier alpha value is -0.570. The van der Waals surface area contributed by atoms with Gasteiger partial charge in [-0.05, 0) is 25.7 Å². The van der Waals surface area contributed by atoms with E-state index >= 15 is 0 Å². The van der Waals surface area contributed by atoms with Crippen LogP contribution in [0.5, 0.6) is 0 Å². The lowest BCUT2D eigenvalue weighted by atomic mass is 9.95. The SMILES string of the molecule is CC1NC(C2CCCC2)CNC1=O. The monoisotopic (exact) mass is 182 g/mol. The van der Waals surface area contributed by atoms with E-state index in [0.29, 0.717) is 6.04 Å². The zero-order valence-electron chi connectivity index (χ0n) is 8.18. The van der Waals surface area contributed by atoms with Crippen LogP contribution in [-0.4, -0.2) is 24.5 Å². The highest BCUT2D eigenvalue weighted by Gasteiger charge is 2.31. The first-order chi connectivity index (χ1) is 6.27. The largest absolute Gasteiger partial charge is 0.353 e. The molecule has 3 nitrogen and oxygen atoms in total. The van der Waals surface area contributed by atoms with Gasteiger partial charge in [-0.1, -0.05) is 12.8 Å². The lowest BCUT2D eigenvalue weighted by molar-refractivity contribution is -0.124. The number of amides is 1. The van der Waals surface area contributed by atoms with E-state index in [-0.39, 0.29) is 11.9 Å². The molecule has 2 unspecified atom stereocenters. The van der Waals surface area contributed by atoms with Gasteiger partial charge >= 0.3 is 0 Å². The average molecular weight is 182 g/mol. The fraction of sp³-hybridized carbons (Fsp3) is 0.900. The second kappa shape index (κ2) is 3.66. The first kappa shape index (κ1) is 9.00. The molecule has 0 spiro atoms. The first-order valence-corrected chi connectivity index (χ1v) is 5.31. The van der Waals surface area contributed by atoms with Crippen molar-refractivity contribution in [2.45, 2.75) is 44.7 Å². The number of piperazine rings is 1. The van der Waals surface area contributed by atoms with E-state index in [0.717, 1.165) is 12.5 Å². The fourth-order valence-electron chi connectivity index (χ4n) is 2.48. The van der Waals surface area contributed by atoms with Crippen LogP contribution >= 0.6 is 0 Å². The van der Waals surface area contributed by atoms with Crippen LogP contribution in [0.25, 0.3) is 0 Å². The molecule has 1 saturated heterocycles. The molecule has 2 fully saturated rings. The van der Waals surface area contributed by atoms with Gasteiger partial charge in [0.15, 0.2) is 0 Å². The predicted molar refractivity (Wildman–Crippen MR) is 51.4 cm³/mol. The molecule has 13 heavy (non-hydrogen) atoms. The van der Waals surface area contributed by atoms with Crippen molar-refractivity contribution in [3.63, 3.8) is 0 Å². The molecular weight excluding hydrogens is 164 g/mol. The zero-order valence-corrected chi connectivity index (χ0v) is 8.18. The molecule has 2 N–H and O–H groups in total. The zero-order chi connectivity index (χ0) is 9.26. The molecular formula is C10H18N2O. The topological polar surface area (TPSA) is 41.1 Å². The van der Waals surface area contributed by atoms with Gasteiger partial charge in [0.05, 0.1) is 6.04 Å². The van der Waals surface area contributed by atoms with Crippen molar-refractivity contribution in [3.8, 4) is 0 Å². The van der Waals surface area contributed by atoms with E-state index in [1.165, 1.54) is 25.7 Å². The summed E-state index contributed by atoms with van der Waals surface area (Å²) in [6, 6.07) is 0.523. The van der Waals surface area contributed by atoms with Gasteiger partial charge in [0, 0.05) is 12.6 Å². The third-order valence-electron chi connectivity index (χ3n) is 3.32. The van der Waals surface area contributed by atoms with Crippen LogP contribution < -0.4 is 10.6 Å². The van der Waals surface area contributed by atoms with E-state index in [1.807, 2.05) is 6.92 Å². The highest BCUT2D eigenvalue weighted by molar-refractivity contribution is 5.82. The minimum Gasteiger partial charge on any atom is -0.353 e. The molecule has 1 saturated carbocycles. The smallest absolute Gasteiger partial charge is 0.236 e. The third kappa shape index (κ3) is 1.85. The Morgan fingerprint density at radius 1 is 1.31 bits per heavy atom. The van der Waals surface area contributed by atoms with Crippen LogP contribution in [0.4, 0.5) is 0 Å². The number of hydrogen-bond acceptors (Lipinski definition) is 2. The van der Waals surface area contributed by atoms with Crippen molar-refractivity contribution in [1.29, 1.82) is 0 Å². The average Bonchev–Trinajstić information content (AvgIpc) is 2.62. The van der Waals surface area contributed by atoms with E-state index in [9.17, 15) is 4.79 Å². The summed E-state index contributed by atoms with van der Waals surface area (Å²) in [6.45, 7) is 2.77. The summed E-state index contributed by atoms with van der Waals surface area (Å²) in [5.74, 6) is 0.942. The first-order valence-electron chi connectivity index (χ1n) is 5.31. The summed E-state index contributed by atoms with van der Waals surface area (Å²) >= 11 is 0. The van der Waals surface area contributed by atoms with Crippen molar-refractivity contribution in [2.24, 2.45) is 5.92 Å². The lowest BCUT2D eigenvalue weighted by Gasteiger charge is -2.32. The van der Waals surface area contributed by atoms with Gasteiger partial charge in [-0.15, -0.1) is 0 Å². The summed E-state index contributed by atoms with van der Waals surface area (Å²) in [5, 5.41) is 6.35. The van der Waals surface area contributed by atoms with Crippen LogP contribution in [0.2, 0.25) is 0 Å². The number of carbonyl (C=O) groups excluding carboxylic acids is 1. The molecule has 2 aliphatic rings. The van der Waals surface area contributed by atoms with E-state index in [1.54, 1.807) is 0 Å². The van der Waals surface area contributed by atoms with Crippen LogP contribution in [0.15, 0.2) is 0 Å². The van der Waals surface area contributed by atoms with E-state index in [2.05, 4.69) is 10.6 Å². The molecule has 1 heterocycles. The van der Waals surface area contributed by atoms with Gasteiger partial charge in [0.25, 0.3) is 0 Å². The Balaban J connectivity index is 1.90. The third-order valence-corrected chi connectivity index (χ3v) is 3.32.